The number of fused-ring (bicyclic) bond motifs is 1. The second kappa shape index (κ2) is 8.81. The third-order valence-corrected chi connectivity index (χ3v) is 4.81. The highest BCUT2D eigenvalue weighted by Gasteiger charge is 2.15. The van der Waals surface area contributed by atoms with Gasteiger partial charge >= 0.3 is 5.97 Å². The molecule has 4 aromatic rings. The number of carbonyl (C=O) groups excluding carboxylic acids is 2. The lowest BCUT2D eigenvalue weighted by molar-refractivity contribution is -0.144. The van der Waals surface area contributed by atoms with E-state index in [1.807, 2.05) is 24.3 Å². The van der Waals surface area contributed by atoms with Crippen molar-refractivity contribution in [1.82, 2.24) is 14.5 Å². The predicted molar refractivity (Wildman–Crippen MR) is 119 cm³/mol. The normalized spacial score (nSPS) is 10.7. The number of nitrogens with one attached hydrogen (secondary N) is 1. The summed E-state index contributed by atoms with van der Waals surface area (Å²) in [5, 5.41) is 3.49. The van der Waals surface area contributed by atoms with Crippen LogP contribution in [0, 0.1) is 5.95 Å². The van der Waals surface area contributed by atoms with E-state index in [1.54, 1.807) is 29.1 Å². The van der Waals surface area contributed by atoms with Gasteiger partial charge in [0, 0.05) is 53.8 Å². The number of esters is 1. The maximum atomic E-state index is 13.8. The van der Waals surface area contributed by atoms with Crippen molar-refractivity contribution >= 4 is 28.6 Å². The number of ether oxygens (including phenoxy) is 1. The van der Waals surface area contributed by atoms with Crippen LogP contribution in [0.4, 0.5) is 10.1 Å². The number of anilines is 1. The Morgan fingerprint density at radius 1 is 1.16 bits per heavy atom. The first-order valence-corrected chi connectivity index (χ1v) is 9.72. The van der Waals surface area contributed by atoms with Crippen LogP contribution >= 0.6 is 0 Å². The molecular weight excluding hydrogens is 411 g/mol. The fourth-order valence-corrected chi connectivity index (χ4v) is 3.36. The van der Waals surface area contributed by atoms with Gasteiger partial charge in [-0.15, -0.1) is 0 Å². The molecule has 0 aliphatic carbocycles. The maximum absolute atomic E-state index is 13.8. The molecule has 0 fully saturated rings. The van der Waals surface area contributed by atoms with Crippen LogP contribution in [0.25, 0.3) is 33.3 Å². The van der Waals surface area contributed by atoms with Gasteiger partial charge in [-0.05, 0) is 41.5 Å². The number of hydrogen-bond acceptors (Lipinski definition) is 5. The molecule has 0 saturated heterocycles. The average Bonchev–Trinajstić information content (AvgIpc) is 3.15. The van der Waals surface area contributed by atoms with Crippen molar-refractivity contribution in [3.63, 3.8) is 0 Å². The van der Waals surface area contributed by atoms with Crippen molar-refractivity contribution in [2.75, 3.05) is 5.32 Å². The maximum Gasteiger partial charge on any atom is 0.304 e. The van der Waals surface area contributed by atoms with Crippen molar-refractivity contribution in [3.05, 3.63) is 79.7 Å². The number of hydrogen-bond donors (Lipinski definition) is 1. The van der Waals surface area contributed by atoms with Crippen molar-refractivity contribution in [1.29, 1.82) is 0 Å². The van der Waals surface area contributed by atoms with E-state index in [0.29, 0.717) is 16.9 Å². The molecule has 160 valence electrons. The van der Waals surface area contributed by atoms with E-state index in [1.165, 1.54) is 25.3 Å². The van der Waals surface area contributed by atoms with Crippen LogP contribution in [-0.4, -0.2) is 26.4 Å². The number of amides is 1. The standard InChI is InChI=1S/C24H19FN4O3/c1-3-23(31)28-19-6-4-5-16(9-19)18-10-20-21(17-7-8-26-22(25)11-17)13-29(14-32-15(2)30)24(20)27-12-18/h3-13H,1,14H2,2H3,(H,28,31). The van der Waals surface area contributed by atoms with E-state index < -0.39 is 11.9 Å². The number of carbonyl (C=O) groups is 2. The third kappa shape index (κ3) is 4.39. The molecule has 0 unspecified atom stereocenters. The van der Waals surface area contributed by atoms with Crippen LogP contribution in [0.3, 0.4) is 0 Å². The number of halogens is 1. The summed E-state index contributed by atoms with van der Waals surface area (Å²) in [4.78, 5) is 31.1. The highest BCUT2D eigenvalue weighted by Crippen LogP contribution is 2.33. The molecule has 3 heterocycles. The second-order valence-electron chi connectivity index (χ2n) is 7.01. The Kier molecular flexibility index (Phi) is 5.76. The van der Waals surface area contributed by atoms with Gasteiger partial charge in [0.05, 0.1) is 0 Å². The van der Waals surface area contributed by atoms with Gasteiger partial charge in [0.2, 0.25) is 11.9 Å². The van der Waals surface area contributed by atoms with Gasteiger partial charge in [-0.1, -0.05) is 18.7 Å². The largest absolute Gasteiger partial charge is 0.444 e. The summed E-state index contributed by atoms with van der Waals surface area (Å²) >= 11 is 0. The minimum absolute atomic E-state index is 0.0190. The van der Waals surface area contributed by atoms with Crippen LogP contribution in [-0.2, 0) is 21.1 Å². The monoisotopic (exact) mass is 430 g/mol. The number of aromatic nitrogens is 3. The van der Waals surface area contributed by atoms with E-state index in [-0.39, 0.29) is 12.6 Å². The van der Waals surface area contributed by atoms with E-state index in [4.69, 9.17) is 4.74 Å². The zero-order chi connectivity index (χ0) is 22.7. The van der Waals surface area contributed by atoms with Gasteiger partial charge in [-0.2, -0.15) is 4.39 Å². The predicted octanol–water partition coefficient (Wildman–Crippen LogP) is 4.55. The molecule has 0 atom stereocenters. The molecule has 32 heavy (non-hydrogen) atoms. The molecule has 0 bridgehead atoms. The molecule has 1 aromatic carbocycles. The molecule has 0 spiro atoms. The minimum Gasteiger partial charge on any atom is -0.444 e. The topological polar surface area (TPSA) is 86.1 Å². The zero-order valence-corrected chi connectivity index (χ0v) is 17.2. The van der Waals surface area contributed by atoms with Gasteiger partial charge in [-0.3, -0.25) is 14.2 Å². The summed E-state index contributed by atoms with van der Waals surface area (Å²) in [6, 6.07) is 12.3. The molecule has 3 aromatic heterocycles. The van der Waals surface area contributed by atoms with Gasteiger partial charge < -0.3 is 10.1 Å². The Bertz CT molecular complexity index is 1350. The Labute approximate surface area is 183 Å². The number of benzene rings is 1. The highest BCUT2D eigenvalue weighted by atomic mass is 19.1. The number of nitrogens with zero attached hydrogens (tertiary/aromatic N) is 3. The van der Waals surface area contributed by atoms with Crippen LogP contribution in [0.2, 0.25) is 0 Å². The summed E-state index contributed by atoms with van der Waals surface area (Å²) in [6.07, 6.45) is 6.05. The molecule has 0 aliphatic rings. The SMILES string of the molecule is C=CC(=O)Nc1cccc(-c2cnc3c(c2)c(-c2ccnc(F)c2)cn3COC(C)=O)c1. The fraction of sp³-hybridized carbons (Fsp3) is 0.0833. The van der Waals surface area contributed by atoms with Crippen LogP contribution in [0.15, 0.2) is 73.7 Å². The lowest BCUT2D eigenvalue weighted by Crippen LogP contribution is -2.07. The second-order valence-corrected chi connectivity index (χ2v) is 7.01. The van der Waals surface area contributed by atoms with Crippen LogP contribution in [0.1, 0.15) is 6.92 Å². The fourth-order valence-electron chi connectivity index (χ4n) is 3.36. The van der Waals surface area contributed by atoms with Crippen molar-refractivity contribution in [3.8, 4) is 22.3 Å². The van der Waals surface area contributed by atoms with Crippen LogP contribution in [0.5, 0.6) is 0 Å². The molecule has 1 N–H and O–H groups in total. The van der Waals surface area contributed by atoms with E-state index in [0.717, 1.165) is 22.1 Å². The Morgan fingerprint density at radius 2 is 2.00 bits per heavy atom. The first-order valence-electron chi connectivity index (χ1n) is 9.72. The Hall–Kier alpha value is -4.33. The van der Waals surface area contributed by atoms with E-state index in [2.05, 4.69) is 21.9 Å². The molecular formula is C24H19FN4O3. The third-order valence-electron chi connectivity index (χ3n) is 4.81. The van der Waals surface area contributed by atoms with Crippen molar-refractivity contribution in [2.45, 2.75) is 13.7 Å². The Balaban J connectivity index is 1.82. The van der Waals surface area contributed by atoms with Crippen molar-refractivity contribution in [2.24, 2.45) is 0 Å². The molecule has 1 amide bonds. The van der Waals surface area contributed by atoms with Gasteiger partial charge in [0.1, 0.15) is 5.65 Å². The quantitative estimate of drug-likeness (QED) is 0.276. The molecule has 7 nitrogen and oxygen atoms in total. The lowest BCUT2D eigenvalue weighted by Gasteiger charge is -2.08. The average molecular weight is 430 g/mol. The summed E-state index contributed by atoms with van der Waals surface area (Å²) in [5.41, 5.74) is 4.18. The molecule has 0 aliphatic heterocycles. The summed E-state index contributed by atoms with van der Waals surface area (Å²) < 4.78 is 20.6. The summed E-state index contributed by atoms with van der Waals surface area (Å²) in [6.45, 7) is 4.77. The molecule has 0 saturated carbocycles. The highest BCUT2D eigenvalue weighted by molar-refractivity contribution is 6.00. The first kappa shape index (κ1) is 20.9. The Morgan fingerprint density at radius 3 is 2.75 bits per heavy atom. The number of rotatable bonds is 6. The smallest absolute Gasteiger partial charge is 0.304 e. The first-order chi connectivity index (χ1) is 15.4. The summed E-state index contributed by atoms with van der Waals surface area (Å²) in [7, 11) is 0. The molecule has 4 rings (SSSR count). The van der Waals surface area contributed by atoms with Crippen molar-refractivity contribution < 1.29 is 18.7 Å². The van der Waals surface area contributed by atoms with Gasteiger partial charge in [0.25, 0.3) is 0 Å². The zero-order valence-electron chi connectivity index (χ0n) is 17.2. The van der Waals surface area contributed by atoms with Crippen LogP contribution < -0.4 is 5.32 Å². The molecule has 0 radical (unpaired) electrons. The minimum atomic E-state index is -0.599. The summed E-state index contributed by atoms with van der Waals surface area (Å²) in [5.74, 6) is -1.32. The van der Waals surface area contributed by atoms with E-state index in [9.17, 15) is 14.0 Å². The van der Waals surface area contributed by atoms with Gasteiger partial charge in [0.15, 0.2) is 6.73 Å². The number of pyridine rings is 2. The van der Waals surface area contributed by atoms with Gasteiger partial charge in [-0.25, -0.2) is 9.97 Å². The lowest BCUT2D eigenvalue weighted by atomic mass is 10.0. The van der Waals surface area contributed by atoms with E-state index >= 15 is 0 Å². The molecule has 8 heteroatoms.